The molecule has 0 saturated heterocycles. The van der Waals surface area contributed by atoms with E-state index in [-0.39, 0.29) is 0 Å². The van der Waals surface area contributed by atoms with E-state index < -0.39 is 0 Å². The zero-order chi connectivity index (χ0) is 12.1. The van der Waals surface area contributed by atoms with E-state index in [0.29, 0.717) is 0 Å². The van der Waals surface area contributed by atoms with Crippen molar-refractivity contribution in [2.45, 2.75) is 26.2 Å². The Morgan fingerprint density at radius 2 is 2.35 bits per heavy atom. The van der Waals surface area contributed by atoms with E-state index in [1.807, 2.05) is 13.0 Å². The second-order valence-corrected chi connectivity index (χ2v) is 4.69. The number of aromatic nitrogens is 1. The van der Waals surface area contributed by atoms with Gasteiger partial charge in [0, 0.05) is 26.0 Å². The van der Waals surface area contributed by atoms with Gasteiger partial charge in [-0.05, 0) is 43.7 Å². The molecule has 0 atom stereocenters. The Morgan fingerprint density at radius 1 is 1.53 bits per heavy atom. The van der Waals surface area contributed by atoms with E-state index in [2.05, 4.69) is 10.3 Å². The number of nitrogens with one attached hydrogen (secondary N) is 1. The summed E-state index contributed by atoms with van der Waals surface area (Å²) in [6.07, 6.45) is 5.46. The molecule has 1 saturated carbocycles. The first kappa shape index (κ1) is 12.2. The Bertz CT molecular complexity index is 364. The fourth-order valence-electron chi connectivity index (χ4n) is 1.63. The molecule has 0 radical (unpaired) electrons. The van der Waals surface area contributed by atoms with Gasteiger partial charge in [0.1, 0.15) is 5.82 Å². The van der Waals surface area contributed by atoms with E-state index in [1.165, 1.54) is 12.8 Å². The lowest BCUT2D eigenvalue weighted by molar-refractivity contribution is 0.124. The number of pyridine rings is 1. The summed E-state index contributed by atoms with van der Waals surface area (Å²) in [6, 6.07) is 1.92. The van der Waals surface area contributed by atoms with Crippen molar-refractivity contribution in [1.82, 2.24) is 4.98 Å². The number of ether oxygens (including phenoxy) is 1. The summed E-state index contributed by atoms with van der Waals surface area (Å²) in [4.78, 5) is 4.22. The van der Waals surface area contributed by atoms with Gasteiger partial charge in [-0.3, -0.25) is 0 Å². The lowest BCUT2D eigenvalue weighted by Gasteiger charge is -2.09. The van der Waals surface area contributed by atoms with Gasteiger partial charge >= 0.3 is 0 Å². The predicted molar refractivity (Wildman–Crippen MR) is 70.0 cm³/mol. The van der Waals surface area contributed by atoms with Gasteiger partial charge in [0.25, 0.3) is 0 Å². The summed E-state index contributed by atoms with van der Waals surface area (Å²) in [7, 11) is 0. The molecule has 1 heterocycles. The van der Waals surface area contributed by atoms with Crippen molar-refractivity contribution in [3.8, 4) is 0 Å². The normalized spacial score (nSPS) is 14.9. The number of hydrogen-bond acceptors (Lipinski definition) is 4. The van der Waals surface area contributed by atoms with E-state index in [0.717, 1.165) is 49.2 Å². The van der Waals surface area contributed by atoms with Crippen LogP contribution in [0.25, 0.3) is 0 Å². The molecule has 17 heavy (non-hydrogen) atoms. The standard InChI is InChI=1S/C13H21N3O/c1-10-5-7-16-13(12(10)14)15-6-2-8-17-9-11-3-4-11/h5,7,11H,2-4,6,8-9,14H2,1H3,(H,15,16). The lowest BCUT2D eigenvalue weighted by Crippen LogP contribution is -2.10. The molecule has 1 aliphatic carbocycles. The van der Waals surface area contributed by atoms with Crippen LogP contribution in [0.3, 0.4) is 0 Å². The summed E-state index contributed by atoms with van der Waals surface area (Å²) in [6.45, 7) is 4.59. The second-order valence-electron chi connectivity index (χ2n) is 4.69. The minimum Gasteiger partial charge on any atom is -0.396 e. The molecule has 1 aromatic rings. The highest BCUT2D eigenvalue weighted by Crippen LogP contribution is 2.28. The molecule has 94 valence electrons. The first-order valence-corrected chi connectivity index (χ1v) is 6.30. The van der Waals surface area contributed by atoms with Gasteiger partial charge in [-0.1, -0.05) is 0 Å². The minimum absolute atomic E-state index is 0.742. The first-order chi connectivity index (χ1) is 8.27. The number of nitrogen functional groups attached to an aromatic ring is 1. The number of nitrogens with two attached hydrogens (primary N) is 1. The van der Waals surface area contributed by atoms with Crippen LogP contribution in [-0.2, 0) is 4.74 Å². The third-order valence-corrected chi connectivity index (χ3v) is 3.02. The molecule has 0 aromatic carbocycles. The second kappa shape index (κ2) is 5.87. The van der Waals surface area contributed by atoms with Crippen LogP contribution in [0, 0.1) is 12.8 Å². The van der Waals surface area contributed by atoms with E-state index in [4.69, 9.17) is 10.5 Å². The highest BCUT2D eigenvalue weighted by atomic mass is 16.5. The minimum atomic E-state index is 0.742. The highest BCUT2D eigenvalue weighted by Gasteiger charge is 2.20. The van der Waals surface area contributed by atoms with Crippen molar-refractivity contribution in [1.29, 1.82) is 0 Å². The Morgan fingerprint density at radius 3 is 3.12 bits per heavy atom. The number of aryl methyl sites for hydroxylation is 1. The summed E-state index contributed by atoms with van der Waals surface area (Å²) < 4.78 is 5.56. The third kappa shape index (κ3) is 3.89. The average Bonchev–Trinajstić information content (AvgIpc) is 3.12. The highest BCUT2D eigenvalue weighted by molar-refractivity contribution is 5.64. The maximum Gasteiger partial charge on any atom is 0.149 e. The largest absolute Gasteiger partial charge is 0.396 e. The fourth-order valence-corrected chi connectivity index (χ4v) is 1.63. The monoisotopic (exact) mass is 235 g/mol. The molecule has 0 amide bonds. The molecule has 1 fully saturated rings. The van der Waals surface area contributed by atoms with Crippen molar-refractivity contribution in [3.63, 3.8) is 0 Å². The molecular formula is C13H21N3O. The Kier molecular flexibility index (Phi) is 4.20. The van der Waals surface area contributed by atoms with Gasteiger partial charge in [-0.25, -0.2) is 4.98 Å². The van der Waals surface area contributed by atoms with Crippen LogP contribution in [0.2, 0.25) is 0 Å². The Hall–Kier alpha value is -1.29. The van der Waals surface area contributed by atoms with Crippen LogP contribution in [0.15, 0.2) is 12.3 Å². The van der Waals surface area contributed by atoms with Gasteiger partial charge in [0.15, 0.2) is 0 Å². The molecule has 0 spiro atoms. The number of nitrogens with zero attached hydrogens (tertiary/aromatic N) is 1. The molecule has 0 bridgehead atoms. The van der Waals surface area contributed by atoms with E-state index >= 15 is 0 Å². The Balaban J connectivity index is 1.61. The number of hydrogen-bond donors (Lipinski definition) is 2. The average molecular weight is 235 g/mol. The van der Waals surface area contributed by atoms with Crippen LogP contribution in [0.1, 0.15) is 24.8 Å². The smallest absolute Gasteiger partial charge is 0.149 e. The van der Waals surface area contributed by atoms with Crippen LogP contribution in [0.4, 0.5) is 11.5 Å². The molecule has 1 aliphatic rings. The van der Waals surface area contributed by atoms with E-state index in [9.17, 15) is 0 Å². The van der Waals surface area contributed by atoms with Gasteiger partial charge in [-0.2, -0.15) is 0 Å². The van der Waals surface area contributed by atoms with Gasteiger partial charge < -0.3 is 15.8 Å². The number of rotatable bonds is 7. The summed E-state index contributed by atoms with van der Waals surface area (Å²) in [5, 5.41) is 3.24. The van der Waals surface area contributed by atoms with Crippen molar-refractivity contribution >= 4 is 11.5 Å². The van der Waals surface area contributed by atoms with Crippen LogP contribution in [0.5, 0.6) is 0 Å². The molecule has 0 aliphatic heterocycles. The maximum absolute atomic E-state index is 5.92. The van der Waals surface area contributed by atoms with Gasteiger partial charge in [0.05, 0.1) is 5.69 Å². The SMILES string of the molecule is Cc1ccnc(NCCCOCC2CC2)c1N. The van der Waals surface area contributed by atoms with Crippen molar-refractivity contribution in [3.05, 3.63) is 17.8 Å². The lowest BCUT2D eigenvalue weighted by atomic mass is 10.2. The Labute approximate surface area is 103 Å². The van der Waals surface area contributed by atoms with Crippen molar-refractivity contribution in [2.24, 2.45) is 5.92 Å². The number of anilines is 2. The molecule has 0 unspecified atom stereocenters. The molecule has 2 rings (SSSR count). The zero-order valence-corrected chi connectivity index (χ0v) is 10.4. The first-order valence-electron chi connectivity index (χ1n) is 6.30. The van der Waals surface area contributed by atoms with Crippen molar-refractivity contribution < 1.29 is 4.74 Å². The van der Waals surface area contributed by atoms with E-state index in [1.54, 1.807) is 6.20 Å². The van der Waals surface area contributed by atoms with Crippen LogP contribution < -0.4 is 11.1 Å². The van der Waals surface area contributed by atoms with Crippen molar-refractivity contribution in [2.75, 3.05) is 30.8 Å². The molecule has 3 N–H and O–H groups in total. The molecule has 4 heteroatoms. The third-order valence-electron chi connectivity index (χ3n) is 3.02. The van der Waals surface area contributed by atoms with Gasteiger partial charge in [-0.15, -0.1) is 0 Å². The fraction of sp³-hybridized carbons (Fsp3) is 0.615. The quantitative estimate of drug-likeness (QED) is 0.711. The maximum atomic E-state index is 5.92. The predicted octanol–water partition coefficient (Wildman–Crippen LogP) is 2.20. The molecule has 1 aromatic heterocycles. The van der Waals surface area contributed by atoms with Gasteiger partial charge in [0.2, 0.25) is 0 Å². The van der Waals surface area contributed by atoms with Crippen LogP contribution >= 0.6 is 0 Å². The summed E-state index contributed by atoms with van der Waals surface area (Å²) in [5.41, 5.74) is 7.72. The zero-order valence-electron chi connectivity index (χ0n) is 10.4. The summed E-state index contributed by atoms with van der Waals surface area (Å²) >= 11 is 0. The molecule has 4 nitrogen and oxygen atoms in total. The summed E-state index contributed by atoms with van der Waals surface area (Å²) in [5.74, 6) is 1.63. The molecular weight excluding hydrogens is 214 g/mol. The van der Waals surface area contributed by atoms with Crippen LogP contribution in [-0.4, -0.2) is 24.7 Å². The topological polar surface area (TPSA) is 60.2 Å².